The number of carboxylic acid groups (broad SMARTS) is 1. The maximum Gasteiger partial charge on any atom is 0.331 e. The second-order valence-electron chi connectivity index (χ2n) is 5.79. The summed E-state index contributed by atoms with van der Waals surface area (Å²) in [6.45, 7) is 0.835. The second kappa shape index (κ2) is 6.65. The van der Waals surface area contributed by atoms with Gasteiger partial charge in [-0.1, -0.05) is 0 Å². The third-order valence-corrected chi connectivity index (χ3v) is 4.15. The molecule has 2 unspecified atom stereocenters. The summed E-state index contributed by atoms with van der Waals surface area (Å²) in [7, 11) is 0. The number of carboxylic acids is 1. The number of aliphatic carboxylic acids is 1. The lowest BCUT2D eigenvalue weighted by atomic mass is 10.1. The summed E-state index contributed by atoms with van der Waals surface area (Å²) in [5.41, 5.74) is 5.73. The van der Waals surface area contributed by atoms with Gasteiger partial charge in [0.1, 0.15) is 6.17 Å². The van der Waals surface area contributed by atoms with E-state index in [2.05, 4.69) is 20.0 Å². The van der Waals surface area contributed by atoms with Crippen molar-refractivity contribution in [3.8, 4) is 0 Å². The van der Waals surface area contributed by atoms with E-state index in [-0.39, 0.29) is 6.17 Å². The average molecular weight is 331 g/mol. The van der Waals surface area contributed by atoms with E-state index >= 15 is 0 Å². The predicted octanol–water partition coefficient (Wildman–Crippen LogP) is 0.614. The Hall–Kier alpha value is -2.97. The molecule has 24 heavy (non-hydrogen) atoms. The van der Waals surface area contributed by atoms with Crippen LogP contribution in [0.4, 0.5) is 0 Å². The van der Waals surface area contributed by atoms with E-state index in [1.54, 1.807) is 11.0 Å². The predicted molar refractivity (Wildman–Crippen MR) is 88.1 cm³/mol. The third kappa shape index (κ3) is 3.19. The number of nitrogens with one attached hydrogen (secondary N) is 2. The van der Waals surface area contributed by atoms with Crippen LogP contribution in [0.2, 0.25) is 0 Å². The molecule has 1 fully saturated rings. The normalized spacial score (nSPS) is 19.0. The van der Waals surface area contributed by atoms with Crippen LogP contribution < -0.4 is 16.1 Å². The molecule has 1 aliphatic rings. The highest BCUT2D eigenvalue weighted by Gasteiger charge is 2.27. The van der Waals surface area contributed by atoms with Crippen molar-refractivity contribution in [3.63, 3.8) is 0 Å². The van der Waals surface area contributed by atoms with Gasteiger partial charge in [-0.2, -0.15) is 9.89 Å². The molecule has 1 saturated heterocycles. The van der Waals surface area contributed by atoms with Crippen molar-refractivity contribution < 1.29 is 9.90 Å². The molecule has 5 N–H and O–H groups in total. The van der Waals surface area contributed by atoms with Crippen LogP contribution in [0.1, 0.15) is 37.0 Å². The summed E-state index contributed by atoms with van der Waals surface area (Å²) < 4.78 is 2.13. The number of hydrogen-bond acceptors (Lipinski definition) is 4. The number of nitrogens with two attached hydrogens (primary N) is 1. The maximum absolute atomic E-state index is 11.4. The smallest absolute Gasteiger partial charge is 0.331 e. The highest BCUT2D eigenvalue weighted by molar-refractivity contribution is 5.83. The lowest BCUT2D eigenvalue weighted by Gasteiger charge is -2.37. The van der Waals surface area contributed by atoms with Crippen molar-refractivity contribution in [2.75, 3.05) is 11.6 Å². The summed E-state index contributed by atoms with van der Waals surface area (Å²) in [4.78, 5) is 13.1. The summed E-state index contributed by atoms with van der Waals surface area (Å²) in [6.07, 6.45) is 10.5. The van der Waals surface area contributed by atoms with Gasteiger partial charge in [-0.25, -0.2) is 4.79 Å². The molecule has 0 spiro atoms. The van der Waals surface area contributed by atoms with Crippen LogP contribution in [0.15, 0.2) is 36.9 Å². The standard InChI is InChI=1S/C15H21N7O2/c16-15(17)19-13(14(23)24)11-9-18-22(10-11)21-8-2-1-5-12(21)20-6-3-4-7-20/h3-4,6-7,9-10,12-13H,1-2,5,8H2,(H,23,24)(H4,16,17,19). The van der Waals surface area contributed by atoms with E-state index < -0.39 is 18.0 Å². The van der Waals surface area contributed by atoms with Gasteiger partial charge in [0, 0.05) is 24.5 Å². The average Bonchev–Trinajstić information content (AvgIpc) is 3.24. The second-order valence-corrected chi connectivity index (χ2v) is 5.79. The quantitative estimate of drug-likeness (QED) is 0.470. The maximum atomic E-state index is 11.4. The Morgan fingerprint density at radius 2 is 2.17 bits per heavy atom. The minimum absolute atomic E-state index is 0.144. The lowest BCUT2D eigenvalue weighted by molar-refractivity contribution is -0.139. The minimum atomic E-state index is -1.11. The monoisotopic (exact) mass is 331 g/mol. The molecular weight excluding hydrogens is 310 g/mol. The first kappa shape index (κ1) is 15.9. The number of guanidine groups is 1. The Morgan fingerprint density at radius 1 is 1.42 bits per heavy atom. The van der Waals surface area contributed by atoms with E-state index in [0.29, 0.717) is 5.56 Å². The molecule has 3 heterocycles. The molecule has 0 bridgehead atoms. The highest BCUT2D eigenvalue weighted by atomic mass is 16.4. The first-order chi connectivity index (χ1) is 11.6. The number of rotatable bonds is 5. The zero-order valence-corrected chi connectivity index (χ0v) is 13.2. The van der Waals surface area contributed by atoms with Crippen LogP contribution in [-0.4, -0.2) is 38.0 Å². The fourth-order valence-electron chi connectivity index (χ4n) is 3.05. The largest absolute Gasteiger partial charge is 0.479 e. The molecule has 0 aromatic carbocycles. The zero-order chi connectivity index (χ0) is 17.1. The van der Waals surface area contributed by atoms with E-state index in [0.717, 1.165) is 25.8 Å². The number of nitrogens with zero attached hydrogens (tertiary/aromatic N) is 4. The molecule has 2 aromatic heterocycles. The van der Waals surface area contributed by atoms with Crippen molar-refractivity contribution in [2.24, 2.45) is 5.73 Å². The van der Waals surface area contributed by atoms with Crippen molar-refractivity contribution >= 4 is 11.9 Å². The molecule has 0 aliphatic carbocycles. The van der Waals surface area contributed by atoms with Gasteiger partial charge < -0.3 is 20.7 Å². The third-order valence-electron chi connectivity index (χ3n) is 4.15. The lowest BCUT2D eigenvalue weighted by Crippen LogP contribution is -2.44. The Labute approximate surface area is 139 Å². The number of carbonyl (C=O) groups is 1. The van der Waals surface area contributed by atoms with Gasteiger partial charge in [0.25, 0.3) is 0 Å². The first-order valence-electron chi connectivity index (χ1n) is 7.83. The number of aromatic nitrogens is 3. The van der Waals surface area contributed by atoms with Crippen LogP contribution in [-0.2, 0) is 4.79 Å². The van der Waals surface area contributed by atoms with Gasteiger partial charge in [-0.3, -0.25) is 10.4 Å². The summed E-state index contributed by atoms with van der Waals surface area (Å²) in [6, 6.07) is 2.88. The molecule has 9 heteroatoms. The van der Waals surface area contributed by atoms with Gasteiger partial charge in [0.2, 0.25) is 0 Å². The van der Waals surface area contributed by atoms with Crippen LogP contribution in [0.3, 0.4) is 0 Å². The van der Waals surface area contributed by atoms with E-state index in [4.69, 9.17) is 11.1 Å². The van der Waals surface area contributed by atoms with Gasteiger partial charge in [0.15, 0.2) is 12.0 Å². The summed E-state index contributed by atoms with van der Waals surface area (Å²) in [5, 5.41) is 25.5. The zero-order valence-electron chi connectivity index (χ0n) is 13.2. The van der Waals surface area contributed by atoms with Gasteiger partial charge in [0.05, 0.1) is 12.4 Å². The fourth-order valence-corrected chi connectivity index (χ4v) is 3.05. The molecule has 1 aliphatic heterocycles. The molecule has 0 saturated carbocycles. The van der Waals surface area contributed by atoms with Crippen molar-refractivity contribution in [1.29, 1.82) is 5.41 Å². The molecule has 9 nitrogen and oxygen atoms in total. The van der Waals surface area contributed by atoms with Crippen LogP contribution in [0.5, 0.6) is 0 Å². The Kier molecular flexibility index (Phi) is 4.41. The molecule has 0 amide bonds. The summed E-state index contributed by atoms with van der Waals surface area (Å²) in [5.74, 6) is -1.50. The van der Waals surface area contributed by atoms with Crippen LogP contribution in [0, 0.1) is 5.41 Å². The topological polar surface area (TPSA) is 125 Å². The van der Waals surface area contributed by atoms with Crippen molar-refractivity contribution in [3.05, 3.63) is 42.5 Å². The molecule has 2 aromatic rings. The Balaban J connectivity index is 1.85. The van der Waals surface area contributed by atoms with Gasteiger partial charge >= 0.3 is 5.97 Å². The first-order valence-corrected chi connectivity index (χ1v) is 7.83. The van der Waals surface area contributed by atoms with E-state index in [1.807, 2.05) is 24.5 Å². The highest BCUT2D eigenvalue weighted by Crippen LogP contribution is 2.25. The molecule has 2 atom stereocenters. The molecular formula is C15H21N7O2. The van der Waals surface area contributed by atoms with E-state index in [9.17, 15) is 9.90 Å². The SMILES string of the molecule is N=C(N)NC(C(=O)O)c1cnn(N2CCCCC2n2cccc2)c1. The Morgan fingerprint density at radius 3 is 2.83 bits per heavy atom. The number of piperidine rings is 1. The van der Waals surface area contributed by atoms with Crippen molar-refractivity contribution in [2.45, 2.75) is 31.5 Å². The van der Waals surface area contributed by atoms with Gasteiger partial charge in [-0.05, 0) is 31.4 Å². The Bertz CT molecular complexity index is 709. The number of hydrogen-bond donors (Lipinski definition) is 4. The van der Waals surface area contributed by atoms with Gasteiger partial charge in [-0.15, -0.1) is 0 Å². The molecule has 3 rings (SSSR count). The molecule has 128 valence electrons. The van der Waals surface area contributed by atoms with Crippen LogP contribution >= 0.6 is 0 Å². The summed E-state index contributed by atoms with van der Waals surface area (Å²) >= 11 is 0. The van der Waals surface area contributed by atoms with Crippen LogP contribution in [0.25, 0.3) is 0 Å². The minimum Gasteiger partial charge on any atom is -0.479 e. The fraction of sp³-hybridized carbons (Fsp3) is 0.400. The van der Waals surface area contributed by atoms with E-state index in [1.165, 1.54) is 6.20 Å². The molecule has 0 radical (unpaired) electrons. The van der Waals surface area contributed by atoms with Crippen molar-refractivity contribution in [1.82, 2.24) is 19.8 Å².